The number of sulfonamides is 1. The topological polar surface area (TPSA) is 68.3 Å². The number of anilines is 1. The SMILES string of the molecule is COc1ccc(S(=O)(=O)Nc2ccccc2/C=C/c2ccncc2)cc1. The van der Waals surface area contributed by atoms with E-state index in [0.717, 1.165) is 11.1 Å². The second kappa shape index (κ2) is 7.84. The number of aromatic nitrogens is 1. The third-order valence-electron chi connectivity index (χ3n) is 3.74. The van der Waals surface area contributed by atoms with Crippen LogP contribution in [0.3, 0.4) is 0 Å². The molecule has 0 spiro atoms. The van der Waals surface area contributed by atoms with Gasteiger partial charge in [-0.15, -0.1) is 0 Å². The van der Waals surface area contributed by atoms with Crippen molar-refractivity contribution in [2.75, 3.05) is 11.8 Å². The highest BCUT2D eigenvalue weighted by molar-refractivity contribution is 7.92. The number of hydrogen-bond donors (Lipinski definition) is 1. The van der Waals surface area contributed by atoms with Crippen molar-refractivity contribution >= 4 is 27.9 Å². The van der Waals surface area contributed by atoms with E-state index in [1.54, 1.807) is 36.7 Å². The Bertz CT molecular complexity index is 999. The van der Waals surface area contributed by atoms with E-state index in [1.165, 1.54) is 19.2 Å². The molecule has 1 N–H and O–H groups in total. The van der Waals surface area contributed by atoms with Crippen LogP contribution in [0.4, 0.5) is 5.69 Å². The van der Waals surface area contributed by atoms with Crippen LogP contribution < -0.4 is 9.46 Å². The van der Waals surface area contributed by atoms with E-state index >= 15 is 0 Å². The molecule has 1 aromatic heterocycles. The van der Waals surface area contributed by atoms with Crippen LogP contribution in [-0.2, 0) is 10.0 Å². The number of methoxy groups -OCH3 is 1. The fraction of sp³-hybridized carbons (Fsp3) is 0.0500. The van der Waals surface area contributed by atoms with Crippen molar-refractivity contribution in [3.8, 4) is 5.75 Å². The van der Waals surface area contributed by atoms with E-state index in [0.29, 0.717) is 11.4 Å². The summed E-state index contributed by atoms with van der Waals surface area (Å²) in [5.41, 5.74) is 2.25. The monoisotopic (exact) mass is 366 g/mol. The first-order chi connectivity index (χ1) is 12.6. The van der Waals surface area contributed by atoms with E-state index in [-0.39, 0.29) is 4.90 Å². The minimum absolute atomic E-state index is 0.172. The lowest BCUT2D eigenvalue weighted by Crippen LogP contribution is -2.13. The minimum atomic E-state index is -3.69. The lowest BCUT2D eigenvalue weighted by Gasteiger charge is -2.11. The molecular formula is C20H18N2O3S. The molecule has 0 fully saturated rings. The number of hydrogen-bond acceptors (Lipinski definition) is 4. The zero-order valence-corrected chi connectivity index (χ0v) is 15.0. The molecule has 0 unspecified atom stereocenters. The average Bonchev–Trinajstić information content (AvgIpc) is 2.68. The molecule has 0 saturated carbocycles. The lowest BCUT2D eigenvalue weighted by molar-refractivity contribution is 0.414. The summed E-state index contributed by atoms with van der Waals surface area (Å²) < 4.78 is 33.0. The van der Waals surface area contributed by atoms with Crippen molar-refractivity contribution in [1.29, 1.82) is 0 Å². The Hall–Kier alpha value is -3.12. The van der Waals surface area contributed by atoms with Gasteiger partial charge in [0.2, 0.25) is 0 Å². The Balaban J connectivity index is 1.86. The molecular weight excluding hydrogens is 348 g/mol. The number of ether oxygens (including phenoxy) is 1. The Kier molecular flexibility index (Phi) is 5.34. The van der Waals surface area contributed by atoms with Crippen molar-refractivity contribution in [3.63, 3.8) is 0 Å². The summed E-state index contributed by atoms with van der Waals surface area (Å²) in [6, 6.07) is 17.2. The summed E-state index contributed by atoms with van der Waals surface area (Å²) >= 11 is 0. The minimum Gasteiger partial charge on any atom is -0.497 e. The molecule has 132 valence electrons. The second-order valence-corrected chi connectivity index (χ2v) is 7.16. The Labute approximate surface area is 153 Å². The predicted octanol–water partition coefficient (Wildman–Crippen LogP) is 4.06. The first kappa shape index (κ1) is 17.7. The van der Waals surface area contributed by atoms with Crippen LogP contribution in [0.25, 0.3) is 12.2 Å². The highest BCUT2D eigenvalue weighted by Gasteiger charge is 2.15. The molecule has 3 rings (SSSR count). The van der Waals surface area contributed by atoms with Gasteiger partial charge in [-0.05, 0) is 53.6 Å². The summed E-state index contributed by atoms with van der Waals surface area (Å²) in [5, 5.41) is 0. The van der Waals surface area contributed by atoms with Crippen molar-refractivity contribution in [2.24, 2.45) is 0 Å². The largest absolute Gasteiger partial charge is 0.497 e. The Morgan fingerprint density at radius 1 is 0.923 bits per heavy atom. The highest BCUT2D eigenvalue weighted by Crippen LogP contribution is 2.23. The predicted molar refractivity (Wildman–Crippen MR) is 103 cm³/mol. The van der Waals surface area contributed by atoms with Gasteiger partial charge in [-0.1, -0.05) is 30.4 Å². The zero-order valence-electron chi connectivity index (χ0n) is 14.2. The standard InChI is InChI=1S/C20H18N2O3S/c1-25-18-8-10-19(11-9-18)26(23,24)22-20-5-3-2-4-17(20)7-6-16-12-14-21-15-13-16/h2-15,22H,1H3/b7-6+. The van der Waals surface area contributed by atoms with Crippen molar-refractivity contribution in [3.05, 3.63) is 84.2 Å². The van der Waals surface area contributed by atoms with Gasteiger partial charge < -0.3 is 4.74 Å². The van der Waals surface area contributed by atoms with Gasteiger partial charge in [0.25, 0.3) is 10.0 Å². The number of pyridine rings is 1. The van der Waals surface area contributed by atoms with Crippen LogP contribution in [0.2, 0.25) is 0 Å². The van der Waals surface area contributed by atoms with Gasteiger partial charge in [0.1, 0.15) is 5.75 Å². The molecule has 0 saturated heterocycles. The van der Waals surface area contributed by atoms with Crippen LogP contribution in [0.15, 0.2) is 78.0 Å². The summed E-state index contributed by atoms with van der Waals surface area (Å²) in [6.45, 7) is 0. The first-order valence-corrected chi connectivity index (χ1v) is 9.41. The van der Waals surface area contributed by atoms with Gasteiger partial charge >= 0.3 is 0 Å². The van der Waals surface area contributed by atoms with E-state index in [1.807, 2.05) is 36.4 Å². The fourth-order valence-corrected chi connectivity index (χ4v) is 3.44. The number of rotatable bonds is 6. The summed E-state index contributed by atoms with van der Waals surface area (Å²) in [6.07, 6.45) is 7.18. The molecule has 0 atom stereocenters. The summed E-state index contributed by atoms with van der Waals surface area (Å²) in [4.78, 5) is 4.15. The molecule has 3 aromatic rings. The summed E-state index contributed by atoms with van der Waals surface area (Å²) in [7, 11) is -2.16. The Morgan fingerprint density at radius 2 is 1.62 bits per heavy atom. The van der Waals surface area contributed by atoms with Crippen LogP contribution >= 0.6 is 0 Å². The summed E-state index contributed by atoms with van der Waals surface area (Å²) in [5.74, 6) is 0.602. The zero-order chi connectivity index (χ0) is 18.4. The van der Waals surface area contributed by atoms with E-state index < -0.39 is 10.0 Å². The number of para-hydroxylation sites is 1. The third kappa shape index (κ3) is 4.29. The van der Waals surface area contributed by atoms with Crippen LogP contribution in [-0.4, -0.2) is 20.5 Å². The third-order valence-corrected chi connectivity index (χ3v) is 5.12. The molecule has 2 aromatic carbocycles. The molecule has 0 aliphatic carbocycles. The molecule has 0 aliphatic heterocycles. The van der Waals surface area contributed by atoms with Crippen molar-refractivity contribution in [2.45, 2.75) is 4.90 Å². The Morgan fingerprint density at radius 3 is 2.31 bits per heavy atom. The number of benzene rings is 2. The lowest BCUT2D eigenvalue weighted by atomic mass is 10.1. The number of nitrogens with one attached hydrogen (secondary N) is 1. The maximum atomic E-state index is 12.6. The normalized spacial score (nSPS) is 11.4. The number of nitrogens with zero attached hydrogens (tertiary/aromatic N) is 1. The smallest absolute Gasteiger partial charge is 0.261 e. The molecule has 0 bridgehead atoms. The highest BCUT2D eigenvalue weighted by atomic mass is 32.2. The van der Waals surface area contributed by atoms with Gasteiger partial charge in [0.15, 0.2) is 0 Å². The molecule has 0 aliphatic rings. The van der Waals surface area contributed by atoms with Gasteiger partial charge in [0, 0.05) is 12.4 Å². The van der Waals surface area contributed by atoms with Gasteiger partial charge in [-0.3, -0.25) is 9.71 Å². The maximum Gasteiger partial charge on any atom is 0.261 e. The second-order valence-electron chi connectivity index (χ2n) is 5.48. The first-order valence-electron chi connectivity index (χ1n) is 7.92. The molecule has 0 amide bonds. The van der Waals surface area contributed by atoms with E-state index in [9.17, 15) is 8.42 Å². The fourth-order valence-electron chi connectivity index (χ4n) is 2.35. The average molecular weight is 366 g/mol. The van der Waals surface area contributed by atoms with Crippen molar-refractivity contribution in [1.82, 2.24) is 4.98 Å². The maximum absolute atomic E-state index is 12.6. The molecule has 6 heteroatoms. The quantitative estimate of drug-likeness (QED) is 0.714. The van der Waals surface area contributed by atoms with E-state index in [4.69, 9.17) is 4.74 Å². The van der Waals surface area contributed by atoms with Crippen molar-refractivity contribution < 1.29 is 13.2 Å². The molecule has 0 radical (unpaired) electrons. The van der Waals surface area contributed by atoms with Gasteiger partial charge in [-0.2, -0.15) is 0 Å². The van der Waals surface area contributed by atoms with Crippen LogP contribution in [0.5, 0.6) is 5.75 Å². The van der Waals surface area contributed by atoms with E-state index in [2.05, 4.69) is 9.71 Å². The van der Waals surface area contributed by atoms with Crippen LogP contribution in [0.1, 0.15) is 11.1 Å². The van der Waals surface area contributed by atoms with Gasteiger partial charge in [0.05, 0.1) is 17.7 Å². The van der Waals surface area contributed by atoms with Crippen LogP contribution in [0, 0.1) is 0 Å². The van der Waals surface area contributed by atoms with Gasteiger partial charge in [-0.25, -0.2) is 8.42 Å². The molecule has 5 nitrogen and oxygen atoms in total. The molecule has 1 heterocycles. The molecule has 26 heavy (non-hydrogen) atoms.